The lowest BCUT2D eigenvalue weighted by atomic mass is 10.1. The normalized spacial score (nSPS) is 14.2. The van der Waals surface area contributed by atoms with Crippen molar-refractivity contribution >= 4 is 5.84 Å². The van der Waals surface area contributed by atoms with E-state index in [1.165, 1.54) is 0 Å². The zero-order chi connectivity index (χ0) is 10.5. The van der Waals surface area contributed by atoms with E-state index in [2.05, 4.69) is 44.9 Å². The summed E-state index contributed by atoms with van der Waals surface area (Å²) in [5.41, 5.74) is 0.0766. The zero-order valence-electron chi connectivity index (χ0n) is 9.68. The SMILES string of the molecule is C/C=C/C(=NC(C)C)NC(C)(C)C. The Morgan fingerprint density at radius 2 is 1.85 bits per heavy atom. The summed E-state index contributed by atoms with van der Waals surface area (Å²) in [6.45, 7) is 12.5. The van der Waals surface area contributed by atoms with Gasteiger partial charge in [0.15, 0.2) is 0 Å². The highest BCUT2D eigenvalue weighted by Gasteiger charge is 2.10. The van der Waals surface area contributed by atoms with Gasteiger partial charge in [0.25, 0.3) is 0 Å². The average molecular weight is 182 g/mol. The zero-order valence-corrected chi connectivity index (χ0v) is 9.68. The molecule has 0 aromatic carbocycles. The number of hydrogen-bond donors (Lipinski definition) is 1. The van der Waals surface area contributed by atoms with Gasteiger partial charge in [-0.15, -0.1) is 0 Å². The molecule has 0 saturated heterocycles. The first-order chi connectivity index (χ1) is 5.85. The van der Waals surface area contributed by atoms with Crippen LogP contribution >= 0.6 is 0 Å². The van der Waals surface area contributed by atoms with Gasteiger partial charge in [-0.1, -0.05) is 6.08 Å². The van der Waals surface area contributed by atoms with Gasteiger partial charge >= 0.3 is 0 Å². The summed E-state index contributed by atoms with van der Waals surface area (Å²) in [7, 11) is 0. The molecule has 0 aromatic heterocycles. The molecule has 0 aliphatic rings. The van der Waals surface area contributed by atoms with E-state index in [0.717, 1.165) is 5.84 Å². The molecular weight excluding hydrogens is 160 g/mol. The Morgan fingerprint density at radius 1 is 1.31 bits per heavy atom. The number of allylic oxidation sites excluding steroid dienone is 1. The molecule has 0 aliphatic heterocycles. The van der Waals surface area contributed by atoms with E-state index in [0.29, 0.717) is 6.04 Å². The Kier molecular flexibility index (Phi) is 4.74. The van der Waals surface area contributed by atoms with Crippen LogP contribution in [0.5, 0.6) is 0 Å². The molecule has 76 valence electrons. The molecule has 0 spiro atoms. The third-order valence-electron chi connectivity index (χ3n) is 1.22. The van der Waals surface area contributed by atoms with E-state index < -0.39 is 0 Å². The molecule has 0 rings (SSSR count). The van der Waals surface area contributed by atoms with E-state index in [-0.39, 0.29) is 5.54 Å². The first-order valence-corrected chi connectivity index (χ1v) is 4.84. The monoisotopic (exact) mass is 182 g/mol. The van der Waals surface area contributed by atoms with Gasteiger partial charge in [-0.3, -0.25) is 4.99 Å². The van der Waals surface area contributed by atoms with Gasteiger partial charge in [0.2, 0.25) is 0 Å². The van der Waals surface area contributed by atoms with Crippen molar-refractivity contribution in [2.75, 3.05) is 0 Å². The van der Waals surface area contributed by atoms with Crippen LogP contribution in [0.25, 0.3) is 0 Å². The smallest absolute Gasteiger partial charge is 0.121 e. The topological polar surface area (TPSA) is 24.4 Å². The standard InChI is InChI=1S/C11H22N2/c1-7-8-10(12-9(2)3)13-11(4,5)6/h7-9H,1-6H3,(H,12,13)/b8-7+. The summed E-state index contributed by atoms with van der Waals surface area (Å²) in [5, 5.41) is 3.35. The molecule has 0 atom stereocenters. The van der Waals surface area contributed by atoms with E-state index in [1.807, 2.05) is 19.1 Å². The molecule has 0 unspecified atom stereocenters. The van der Waals surface area contributed by atoms with Crippen LogP contribution in [-0.4, -0.2) is 17.4 Å². The van der Waals surface area contributed by atoms with Crippen molar-refractivity contribution in [1.82, 2.24) is 5.32 Å². The summed E-state index contributed by atoms with van der Waals surface area (Å²) < 4.78 is 0. The lowest BCUT2D eigenvalue weighted by Gasteiger charge is -2.22. The Balaban J connectivity index is 4.45. The number of aliphatic imine (C=N–C) groups is 1. The Labute approximate surface area is 82.1 Å². The summed E-state index contributed by atoms with van der Waals surface area (Å²) in [6.07, 6.45) is 4.01. The van der Waals surface area contributed by atoms with Gasteiger partial charge in [0.05, 0.1) is 0 Å². The fraction of sp³-hybridized carbons (Fsp3) is 0.727. The minimum absolute atomic E-state index is 0.0766. The van der Waals surface area contributed by atoms with E-state index in [9.17, 15) is 0 Å². The van der Waals surface area contributed by atoms with E-state index in [4.69, 9.17) is 0 Å². The molecule has 0 aromatic rings. The van der Waals surface area contributed by atoms with Gasteiger partial charge < -0.3 is 5.32 Å². The van der Waals surface area contributed by atoms with E-state index >= 15 is 0 Å². The Hall–Kier alpha value is -0.790. The van der Waals surface area contributed by atoms with Crippen LogP contribution in [0.4, 0.5) is 0 Å². The summed E-state index contributed by atoms with van der Waals surface area (Å²) in [4.78, 5) is 4.47. The van der Waals surface area contributed by atoms with Crippen LogP contribution < -0.4 is 5.32 Å². The van der Waals surface area contributed by atoms with E-state index in [1.54, 1.807) is 0 Å². The van der Waals surface area contributed by atoms with Crippen molar-refractivity contribution in [2.45, 2.75) is 53.1 Å². The molecule has 13 heavy (non-hydrogen) atoms. The summed E-state index contributed by atoms with van der Waals surface area (Å²) >= 11 is 0. The summed E-state index contributed by atoms with van der Waals surface area (Å²) in [6, 6.07) is 0.334. The second-order valence-electron chi connectivity index (χ2n) is 4.48. The highest BCUT2D eigenvalue weighted by atomic mass is 15.0. The predicted octanol–water partition coefficient (Wildman–Crippen LogP) is 2.76. The lowest BCUT2D eigenvalue weighted by molar-refractivity contribution is 0.510. The molecule has 0 amide bonds. The molecule has 0 bridgehead atoms. The Bertz CT molecular complexity index is 195. The third kappa shape index (κ3) is 7.57. The van der Waals surface area contributed by atoms with Crippen LogP contribution in [0.2, 0.25) is 0 Å². The van der Waals surface area contributed by atoms with Gasteiger partial charge in [-0.05, 0) is 47.6 Å². The minimum Gasteiger partial charge on any atom is -0.366 e. The second kappa shape index (κ2) is 5.05. The van der Waals surface area contributed by atoms with Crippen LogP contribution in [0.3, 0.4) is 0 Å². The van der Waals surface area contributed by atoms with Crippen LogP contribution in [0.1, 0.15) is 41.5 Å². The highest BCUT2D eigenvalue weighted by molar-refractivity contribution is 5.93. The molecule has 0 heterocycles. The number of rotatable bonds is 2. The average Bonchev–Trinajstić information content (AvgIpc) is 1.81. The largest absolute Gasteiger partial charge is 0.366 e. The minimum atomic E-state index is 0.0766. The molecule has 2 nitrogen and oxygen atoms in total. The van der Waals surface area contributed by atoms with Crippen molar-refractivity contribution in [3.8, 4) is 0 Å². The number of nitrogens with zero attached hydrogens (tertiary/aromatic N) is 1. The molecule has 0 aliphatic carbocycles. The third-order valence-corrected chi connectivity index (χ3v) is 1.22. The maximum absolute atomic E-state index is 4.47. The van der Waals surface area contributed by atoms with Crippen molar-refractivity contribution < 1.29 is 0 Å². The van der Waals surface area contributed by atoms with Crippen molar-refractivity contribution in [3.63, 3.8) is 0 Å². The number of hydrogen-bond acceptors (Lipinski definition) is 1. The maximum Gasteiger partial charge on any atom is 0.121 e. The van der Waals surface area contributed by atoms with Gasteiger partial charge in [0.1, 0.15) is 5.84 Å². The van der Waals surface area contributed by atoms with Crippen LogP contribution in [-0.2, 0) is 0 Å². The Morgan fingerprint density at radius 3 is 2.15 bits per heavy atom. The molecule has 0 fully saturated rings. The first-order valence-electron chi connectivity index (χ1n) is 4.84. The van der Waals surface area contributed by atoms with Crippen molar-refractivity contribution in [2.24, 2.45) is 4.99 Å². The fourth-order valence-corrected chi connectivity index (χ4v) is 0.937. The molecule has 0 radical (unpaired) electrons. The van der Waals surface area contributed by atoms with Gasteiger partial charge in [-0.2, -0.15) is 0 Å². The number of nitrogens with one attached hydrogen (secondary N) is 1. The summed E-state index contributed by atoms with van der Waals surface area (Å²) in [5.74, 6) is 0.963. The molecule has 1 N–H and O–H groups in total. The van der Waals surface area contributed by atoms with Gasteiger partial charge in [0, 0.05) is 11.6 Å². The first kappa shape index (κ1) is 12.2. The van der Waals surface area contributed by atoms with Crippen LogP contribution in [0, 0.1) is 0 Å². The van der Waals surface area contributed by atoms with Crippen LogP contribution in [0.15, 0.2) is 17.1 Å². The highest BCUT2D eigenvalue weighted by Crippen LogP contribution is 2.00. The maximum atomic E-state index is 4.47. The molecule has 0 saturated carbocycles. The quantitative estimate of drug-likeness (QED) is 0.515. The lowest BCUT2D eigenvalue weighted by Crippen LogP contribution is -2.40. The van der Waals surface area contributed by atoms with Crippen molar-refractivity contribution in [3.05, 3.63) is 12.2 Å². The fourth-order valence-electron chi connectivity index (χ4n) is 0.937. The molecule has 2 heteroatoms. The van der Waals surface area contributed by atoms with Crippen molar-refractivity contribution in [1.29, 1.82) is 0 Å². The number of amidine groups is 1. The predicted molar refractivity (Wildman–Crippen MR) is 60.3 cm³/mol. The molecular formula is C11H22N2. The second-order valence-corrected chi connectivity index (χ2v) is 4.48. The van der Waals surface area contributed by atoms with Gasteiger partial charge in [-0.25, -0.2) is 0 Å².